The largest absolute Gasteiger partial charge is 0.481 e. The number of fused-ring (bicyclic) bond motifs is 1. The second-order valence-corrected chi connectivity index (χ2v) is 4.22. The summed E-state index contributed by atoms with van der Waals surface area (Å²) in [6, 6.07) is 5.50. The Morgan fingerprint density at radius 2 is 2.27 bits per heavy atom. The maximum absolute atomic E-state index is 10.9. The van der Waals surface area contributed by atoms with E-state index in [9.17, 15) is 4.79 Å². The van der Waals surface area contributed by atoms with Crippen molar-refractivity contribution in [2.45, 2.75) is 12.8 Å². The van der Waals surface area contributed by atoms with Gasteiger partial charge in [-0.1, -0.05) is 12.1 Å². The van der Waals surface area contributed by atoms with Gasteiger partial charge in [0.25, 0.3) is 0 Å². The van der Waals surface area contributed by atoms with Crippen molar-refractivity contribution in [3.05, 3.63) is 34.5 Å². The number of carboxylic acid groups (broad SMARTS) is 1. The number of hydrogen-bond acceptors (Lipinski definition) is 2. The third kappa shape index (κ3) is 1.65. The molecule has 1 aromatic heterocycles. The van der Waals surface area contributed by atoms with Crippen molar-refractivity contribution in [3.63, 3.8) is 0 Å². The summed E-state index contributed by atoms with van der Waals surface area (Å²) in [5.41, 5.74) is 1.34. The minimum absolute atomic E-state index is 0.563. The average molecular weight is 269 g/mol. The fourth-order valence-corrected chi connectivity index (χ4v) is 1.93. The molecule has 1 aromatic carbocycles. The number of halogens is 1. The van der Waals surface area contributed by atoms with Crippen LogP contribution in [0.2, 0.25) is 0 Å². The number of furan rings is 1. The summed E-state index contributed by atoms with van der Waals surface area (Å²) in [6.45, 7) is 1.65. The number of aliphatic carboxylic acids is 1. The van der Waals surface area contributed by atoms with Crippen molar-refractivity contribution in [1.82, 2.24) is 0 Å². The molecule has 1 unspecified atom stereocenters. The number of benzene rings is 1. The fraction of sp³-hybridized carbons (Fsp3) is 0.182. The van der Waals surface area contributed by atoms with Gasteiger partial charge in [0.2, 0.25) is 0 Å². The van der Waals surface area contributed by atoms with Crippen LogP contribution in [-0.4, -0.2) is 11.1 Å². The Morgan fingerprint density at radius 1 is 1.53 bits per heavy atom. The highest BCUT2D eigenvalue weighted by Gasteiger charge is 2.18. The van der Waals surface area contributed by atoms with E-state index in [0.717, 1.165) is 9.86 Å². The van der Waals surface area contributed by atoms with Crippen LogP contribution in [0.4, 0.5) is 0 Å². The Morgan fingerprint density at radius 3 is 2.93 bits per heavy atom. The van der Waals surface area contributed by atoms with Crippen LogP contribution in [0, 0.1) is 0 Å². The minimum Gasteiger partial charge on any atom is -0.481 e. The van der Waals surface area contributed by atoms with E-state index in [1.165, 1.54) is 0 Å². The molecule has 2 rings (SSSR count). The molecule has 0 fully saturated rings. The maximum Gasteiger partial charge on any atom is 0.310 e. The SMILES string of the molecule is CC(C(=O)O)c1cccc2c(Br)coc12. The van der Waals surface area contributed by atoms with Gasteiger partial charge in [-0.15, -0.1) is 0 Å². The summed E-state index contributed by atoms with van der Waals surface area (Å²) < 4.78 is 6.19. The van der Waals surface area contributed by atoms with Crippen molar-refractivity contribution >= 4 is 32.9 Å². The Kier molecular flexibility index (Phi) is 2.52. The number of para-hydroxylation sites is 1. The van der Waals surface area contributed by atoms with Gasteiger partial charge in [0.15, 0.2) is 0 Å². The smallest absolute Gasteiger partial charge is 0.310 e. The van der Waals surface area contributed by atoms with Gasteiger partial charge in [0, 0.05) is 10.9 Å². The van der Waals surface area contributed by atoms with E-state index in [0.29, 0.717) is 11.1 Å². The predicted molar refractivity (Wildman–Crippen MR) is 60.0 cm³/mol. The molecule has 0 aliphatic rings. The van der Waals surface area contributed by atoms with Crippen LogP contribution in [0.5, 0.6) is 0 Å². The monoisotopic (exact) mass is 268 g/mol. The van der Waals surface area contributed by atoms with Gasteiger partial charge in [-0.3, -0.25) is 4.79 Å². The molecule has 0 radical (unpaired) electrons. The van der Waals surface area contributed by atoms with Gasteiger partial charge in [0.05, 0.1) is 10.4 Å². The number of rotatable bonds is 2. The van der Waals surface area contributed by atoms with Gasteiger partial charge in [-0.05, 0) is 28.9 Å². The Labute approximate surface area is 94.8 Å². The summed E-state index contributed by atoms with van der Waals surface area (Å²) in [7, 11) is 0. The van der Waals surface area contributed by atoms with Crippen LogP contribution in [0.25, 0.3) is 11.0 Å². The van der Waals surface area contributed by atoms with Gasteiger partial charge < -0.3 is 9.52 Å². The van der Waals surface area contributed by atoms with Gasteiger partial charge in [-0.25, -0.2) is 0 Å². The summed E-state index contributed by atoms with van der Waals surface area (Å²) in [6.07, 6.45) is 1.57. The molecule has 0 bridgehead atoms. The molecule has 78 valence electrons. The van der Waals surface area contributed by atoms with Crippen molar-refractivity contribution in [2.24, 2.45) is 0 Å². The first-order valence-corrected chi connectivity index (χ1v) is 5.29. The third-order valence-corrected chi connectivity index (χ3v) is 3.03. The molecule has 0 aliphatic heterocycles. The zero-order chi connectivity index (χ0) is 11.0. The second kappa shape index (κ2) is 3.70. The average Bonchev–Trinajstić information content (AvgIpc) is 2.59. The standard InChI is InChI=1S/C11H9BrO3/c1-6(11(13)14)7-3-2-4-8-9(12)5-15-10(7)8/h2-6H,1H3,(H,13,14). The van der Waals surface area contributed by atoms with Crippen LogP contribution in [0.15, 0.2) is 33.4 Å². The van der Waals surface area contributed by atoms with E-state index < -0.39 is 11.9 Å². The lowest BCUT2D eigenvalue weighted by atomic mass is 10.00. The van der Waals surface area contributed by atoms with Gasteiger partial charge >= 0.3 is 5.97 Å². The first-order chi connectivity index (χ1) is 7.11. The molecule has 15 heavy (non-hydrogen) atoms. The Hall–Kier alpha value is -1.29. The van der Waals surface area contributed by atoms with E-state index in [1.54, 1.807) is 19.3 Å². The summed E-state index contributed by atoms with van der Waals surface area (Å²) >= 11 is 3.35. The molecule has 2 aromatic rings. The minimum atomic E-state index is -0.852. The molecule has 0 amide bonds. The normalized spacial score (nSPS) is 12.9. The highest BCUT2D eigenvalue weighted by molar-refractivity contribution is 9.10. The number of carboxylic acids is 1. The Bertz CT molecular complexity index is 516. The fourth-order valence-electron chi connectivity index (χ4n) is 1.52. The topological polar surface area (TPSA) is 50.4 Å². The second-order valence-electron chi connectivity index (χ2n) is 3.37. The molecule has 0 aliphatic carbocycles. The highest BCUT2D eigenvalue weighted by Crippen LogP contribution is 2.31. The molecule has 0 spiro atoms. The maximum atomic E-state index is 10.9. The third-order valence-electron chi connectivity index (χ3n) is 2.42. The van der Waals surface area contributed by atoms with E-state index in [4.69, 9.17) is 9.52 Å². The van der Waals surface area contributed by atoms with E-state index in [-0.39, 0.29) is 0 Å². The summed E-state index contributed by atoms with van der Waals surface area (Å²) in [4.78, 5) is 10.9. The molecule has 0 saturated carbocycles. The van der Waals surface area contributed by atoms with Crippen LogP contribution >= 0.6 is 15.9 Å². The first-order valence-electron chi connectivity index (χ1n) is 4.49. The van der Waals surface area contributed by atoms with Gasteiger partial charge in [0.1, 0.15) is 11.8 Å². The molecule has 0 saturated heterocycles. The van der Waals surface area contributed by atoms with E-state index in [1.807, 2.05) is 12.1 Å². The molecule has 1 N–H and O–H groups in total. The Balaban J connectivity index is 2.66. The zero-order valence-electron chi connectivity index (χ0n) is 8.03. The molecule has 1 heterocycles. The molecule has 4 heteroatoms. The zero-order valence-corrected chi connectivity index (χ0v) is 9.61. The lowest BCUT2D eigenvalue weighted by molar-refractivity contribution is -0.138. The number of carbonyl (C=O) groups is 1. The summed E-state index contributed by atoms with van der Waals surface area (Å²) in [5.74, 6) is -1.42. The van der Waals surface area contributed by atoms with Crippen LogP contribution in [-0.2, 0) is 4.79 Å². The first kappa shape index (κ1) is 10.2. The van der Waals surface area contributed by atoms with Crippen molar-refractivity contribution < 1.29 is 14.3 Å². The number of hydrogen-bond donors (Lipinski definition) is 1. The summed E-state index contributed by atoms with van der Waals surface area (Å²) in [5, 5.41) is 9.85. The van der Waals surface area contributed by atoms with Crippen LogP contribution < -0.4 is 0 Å². The lowest BCUT2D eigenvalue weighted by Gasteiger charge is -2.06. The van der Waals surface area contributed by atoms with Crippen molar-refractivity contribution in [1.29, 1.82) is 0 Å². The highest BCUT2D eigenvalue weighted by atomic mass is 79.9. The van der Waals surface area contributed by atoms with E-state index >= 15 is 0 Å². The molecular formula is C11H9BrO3. The van der Waals surface area contributed by atoms with Crippen molar-refractivity contribution in [2.75, 3.05) is 0 Å². The van der Waals surface area contributed by atoms with Crippen molar-refractivity contribution in [3.8, 4) is 0 Å². The van der Waals surface area contributed by atoms with Gasteiger partial charge in [-0.2, -0.15) is 0 Å². The molecular weight excluding hydrogens is 260 g/mol. The quantitative estimate of drug-likeness (QED) is 0.909. The van der Waals surface area contributed by atoms with Crippen LogP contribution in [0.3, 0.4) is 0 Å². The van der Waals surface area contributed by atoms with Crippen LogP contribution in [0.1, 0.15) is 18.4 Å². The predicted octanol–water partition coefficient (Wildman–Crippen LogP) is 3.38. The lowest BCUT2D eigenvalue weighted by Crippen LogP contribution is -2.07. The molecule has 3 nitrogen and oxygen atoms in total. The molecule has 1 atom stereocenters. The van der Waals surface area contributed by atoms with E-state index in [2.05, 4.69) is 15.9 Å².